The molecule has 3 aromatic rings. The molecule has 0 spiro atoms. The van der Waals surface area contributed by atoms with E-state index in [4.69, 9.17) is 14.5 Å². The Bertz CT molecular complexity index is 1260. The highest BCUT2D eigenvalue weighted by molar-refractivity contribution is 5.84. The van der Waals surface area contributed by atoms with Gasteiger partial charge in [-0.25, -0.2) is 9.97 Å². The monoisotopic (exact) mass is 501 g/mol. The predicted molar refractivity (Wildman–Crippen MR) is 144 cm³/mol. The number of fused-ring (bicyclic) bond motifs is 8. The van der Waals surface area contributed by atoms with Crippen molar-refractivity contribution in [2.45, 2.75) is 44.8 Å². The fourth-order valence-corrected chi connectivity index (χ4v) is 5.39. The number of Topliss-reactive ketones (excluding diaryl/α,β-unsaturated/α-hetero) is 1. The third-order valence-corrected chi connectivity index (χ3v) is 7.21. The van der Waals surface area contributed by atoms with Gasteiger partial charge in [0.05, 0.1) is 26.0 Å². The van der Waals surface area contributed by atoms with Crippen LogP contribution >= 0.6 is 0 Å². The average molecular weight is 502 g/mol. The molecule has 1 aromatic heterocycles. The number of nitrogens with one attached hydrogen (secondary N) is 1. The second-order valence-electron chi connectivity index (χ2n) is 9.92. The van der Waals surface area contributed by atoms with Crippen LogP contribution in [0.3, 0.4) is 0 Å². The van der Waals surface area contributed by atoms with Crippen LogP contribution in [0.5, 0.6) is 11.5 Å². The van der Waals surface area contributed by atoms with Crippen molar-refractivity contribution in [1.29, 1.82) is 0 Å². The number of benzene rings is 2. The number of aromatic nitrogens is 2. The van der Waals surface area contributed by atoms with Gasteiger partial charge in [-0.05, 0) is 81.4 Å². The van der Waals surface area contributed by atoms with Crippen LogP contribution in [0, 0.1) is 0 Å². The number of nitrogens with zero attached hydrogens (tertiary/aromatic N) is 4. The van der Waals surface area contributed by atoms with Gasteiger partial charge in [-0.2, -0.15) is 0 Å². The Morgan fingerprint density at radius 1 is 1.00 bits per heavy atom. The first-order valence-electron chi connectivity index (χ1n) is 12.9. The Hall–Kier alpha value is -3.49. The lowest BCUT2D eigenvalue weighted by Crippen LogP contribution is -2.36. The SMILES string of the molecule is COc1cc2cc(c1)Nc1nccc(n1)-c1ccc(OC)c(c1)CN(C)CCCC(=O)[C@@H]1CCCN1C2. The number of rotatable bonds is 2. The summed E-state index contributed by atoms with van der Waals surface area (Å²) >= 11 is 0. The number of carbonyl (C=O) groups is 1. The normalized spacial score (nSPS) is 19.2. The summed E-state index contributed by atoms with van der Waals surface area (Å²) in [5.41, 5.74) is 4.85. The molecule has 8 heteroatoms. The van der Waals surface area contributed by atoms with Gasteiger partial charge in [0.2, 0.25) is 5.95 Å². The lowest BCUT2D eigenvalue weighted by atomic mass is 10.0. The molecule has 0 unspecified atom stereocenters. The highest BCUT2D eigenvalue weighted by Gasteiger charge is 2.30. The summed E-state index contributed by atoms with van der Waals surface area (Å²) in [5.74, 6) is 2.45. The summed E-state index contributed by atoms with van der Waals surface area (Å²) in [5, 5.41) is 3.36. The second-order valence-corrected chi connectivity index (χ2v) is 9.92. The van der Waals surface area contributed by atoms with Gasteiger partial charge in [0.1, 0.15) is 17.3 Å². The molecule has 0 radical (unpaired) electrons. The summed E-state index contributed by atoms with van der Waals surface area (Å²) < 4.78 is 11.2. The maximum absolute atomic E-state index is 13.2. The van der Waals surface area contributed by atoms with Crippen LogP contribution in [0.25, 0.3) is 11.3 Å². The number of methoxy groups -OCH3 is 2. The molecule has 1 fully saturated rings. The van der Waals surface area contributed by atoms with E-state index in [1.165, 1.54) is 0 Å². The minimum atomic E-state index is -0.0215. The first-order chi connectivity index (χ1) is 18.0. The minimum absolute atomic E-state index is 0.0215. The smallest absolute Gasteiger partial charge is 0.227 e. The molecule has 194 valence electrons. The van der Waals surface area contributed by atoms with E-state index in [9.17, 15) is 4.79 Å². The van der Waals surface area contributed by atoms with E-state index >= 15 is 0 Å². The number of carbonyl (C=O) groups excluding carboxylic acids is 1. The number of hydrogen-bond donors (Lipinski definition) is 1. The molecule has 2 aliphatic heterocycles. The number of anilines is 2. The van der Waals surface area contributed by atoms with Gasteiger partial charge in [0.25, 0.3) is 0 Å². The van der Waals surface area contributed by atoms with E-state index in [1.807, 2.05) is 30.3 Å². The van der Waals surface area contributed by atoms with Crippen molar-refractivity contribution < 1.29 is 14.3 Å². The third-order valence-electron chi connectivity index (χ3n) is 7.21. The number of ketones is 1. The Kier molecular flexibility index (Phi) is 7.67. The zero-order chi connectivity index (χ0) is 25.8. The molecule has 1 atom stereocenters. The minimum Gasteiger partial charge on any atom is -0.497 e. The summed E-state index contributed by atoms with van der Waals surface area (Å²) in [6.45, 7) is 3.20. The summed E-state index contributed by atoms with van der Waals surface area (Å²) in [4.78, 5) is 27.0. The number of ether oxygens (including phenoxy) is 2. The summed E-state index contributed by atoms with van der Waals surface area (Å²) in [6.07, 6.45) is 5.17. The van der Waals surface area contributed by atoms with Crippen LogP contribution in [-0.4, -0.2) is 65.9 Å². The molecule has 0 amide bonds. The fraction of sp³-hybridized carbons (Fsp3) is 0.414. The fourth-order valence-electron chi connectivity index (χ4n) is 5.39. The van der Waals surface area contributed by atoms with E-state index in [1.54, 1.807) is 20.4 Å². The van der Waals surface area contributed by atoms with Crippen molar-refractivity contribution in [3.8, 4) is 22.8 Å². The van der Waals surface area contributed by atoms with Gasteiger partial charge >= 0.3 is 0 Å². The molecular formula is C29H35N5O3. The standard InChI is InChI=1S/C29H35N5O3/c1-33-12-5-7-27(35)26-6-4-13-34(26)18-20-14-23(17-24(15-20)36-2)31-29-30-11-10-25(32-29)21-8-9-28(37-3)22(16-21)19-33/h8-11,14-17,26H,4-7,12-13,18-19H2,1-3H3,(H,30,31,32)/t26-/m0/s1. The zero-order valence-corrected chi connectivity index (χ0v) is 21.9. The van der Waals surface area contributed by atoms with Crippen molar-refractivity contribution in [3.63, 3.8) is 0 Å². The van der Waals surface area contributed by atoms with Gasteiger partial charge < -0.3 is 19.7 Å². The predicted octanol–water partition coefficient (Wildman–Crippen LogP) is 4.66. The molecule has 2 aliphatic rings. The van der Waals surface area contributed by atoms with Gasteiger partial charge in [0, 0.05) is 48.6 Å². The van der Waals surface area contributed by atoms with Gasteiger partial charge in [-0.15, -0.1) is 0 Å². The first kappa shape index (κ1) is 25.2. The Morgan fingerprint density at radius 2 is 1.89 bits per heavy atom. The van der Waals surface area contributed by atoms with Crippen LogP contribution in [0.1, 0.15) is 36.8 Å². The van der Waals surface area contributed by atoms with E-state index in [2.05, 4.69) is 39.3 Å². The number of hydrogen-bond acceptors (Lipinski definition) is 8. The van der Waals surface area contributed by atoms with Crippen molar-refractivity contribution in [2.75, 3.05) is 39.7 Å². The topological polar surface area (TPSA) is 79.8 Å². The third kappa shape index (κ3) is 5.92. The summed E-state index contributed by atoms with van der Waals surface area (Å²) in [7, 11) is 5.46. The molecule has 6 bridgehead atoms. The molecule has 1 N–H and O–H groups in total. The highest BCUT2D eigenvalue weighted by atomic mass is 16.5. The first-order valence-corrected chi connectivity index (χ1v) is 12.9. The van der Waals surface area contributed by atoms with Crippen molar-refractivity contribution in [3.05, 3.63) is 59.8 Å². The second kappa shape index (κ2) is 11.3. The maximum Gasteiger partial charge on any atom is 0.227 e. The van der Waals surface area contributed by atoms with Gasteiger partial charge in [-0.1, -0.05) is 0 Å². The lowest BCUT2D eigenvalue weighted by molar-refractivity contribution is -0.123. The lowest BCUT2D eigenvalue weighted by Gasteiger charge is -2.24. The van der Waals surface area contributed by atoms with Crippen LogP contribution in [0.2, 0.25) is 0 Å². The van der Waals surface area contributed by atoms with E-state index in [0.717, 1.165) is 78.5 Å². The van der Waals surface area contributed by atoms with Crippen molar-refractivity contribution >= 4 is 17.4 Å². The Balaban J connectivity index is 1.53. The molecule has 2 aromatic carbocycles. The van der Waals surface area contributed by atoms with E-state index in [0.29, 0.717) is 24.7 Å². The van der Waals surface area contributed by atoms with Crippen LogP contribution < -0.4 is 14.8 Å². The quantitative estimate of drug-likeness (QED) is 0.543. The van der Waals surface area contributed by atoms with E-state index < -0.39 is 0 Å². The van der Waals surface area contributed by atoms with Crippen LogP contribution in [0.4, 0.5) is 11.6 Å². The molecular weight excluding hydrogens is 466 g/mol. The molecule has 0 saturated carbocycles. The largest absolute Gasteiger partial charge is 0.497 e. The van der Waals surface area contributed by atoms with Gasteiger partial charge in [-0.3, -0.25) is 9.69 Å². The maximum atomic E-state index is 13.2. The highest BCUT2D eigenvalue weighted by Crippen LogP contribution is 2.30. The van der Waals surface area contributed by atoms with Crippen molar-refractivity contribution in [2.24, 2.45) is 0 Å². The van der Waals surface area contributed by atoms with Gasteiger partial charge in [0.15, 0.2) is 0 Å². The summed E-state index contributed by atoms with van der Waals surface area (Å²) in [6, 6.07) is 14.1. The molecule has 1 saturated heterocycles. The van der Waals surface area contributed by atoms with E-state index in [-0.39, 0.29) is 6.04 Å². The Morgan fingerprint density at radius 3 is 2.73 bits per heavy atom. The molecule has 5 rings (SSSR count). The molecule has 37 heavy (non-hydrogen) atoms. The van der Waals surface area contributed by atoms with Crippen LogP contribution in [-0.2, 0) is 17.9 Å². The average Bonchev–Trinajstić information content (AvgIpc) is 3.36. The molecule has 0 aliphatic carbocycles. The van der Waals surface area contributed by atoms with Crippen molar-refractivity contribution in [1.82, 2.24) is 19.8 Å². The Labute approximate surface area is 218 Å². The zero-order valence-electron chi connectivity index (χ0n) is 21.9. The van der Waals surface area contributed by atoms with Crippen LogP contribution in [0.15, 0.2) is 48.7 Å². The molecule has 3 heterocycles. The molecule has 8 nitrogen and oxygen atoms in total.